The molecule has 0 aromatic rings. The molecule has 0 aromatic carbocycles. The van der Waals surface area contributed by atoms with Gasteiger partial charge in [-0.05, 0) is 19.8 Å². The second kappa shape index (κ2) is 5.62. The van der Waals surface area contributed by atoms with Crippen molar-refractivity contribution in [3.63, 3.8) is 0 Å². The molecule has 0 bridgehead atoms. The molecule has 1 aliphatic rings. The van der Waals surface area contributed by atoms with Gasteiger partial charge in [-0.2, -0.15) is 5.26 Å². The number of nitrogens with zero attached hydrogens (tertiary/aromatic N) is 1. The van der Waals surface area contributed by atoms with Crippen LogP contribution < -0.4 is 10.5 Å². The highest BCUT2D eigenvalue weighted by Crippen LogP contribution is 2.17. The fourth-order valence-electron chi connectivity index (χ4n) is 1.87. The lowest BCUT2D eigenvalue weighted by molar-refractivity contribution is 0.455. The molecular weight excluding hydrogens is 226 g/mol. The Hall–Kier alpha value is -0.640. The zero-order chi connectivity index (χ0) is 12.2. The minimum Gasteiger partial charge on any atom is -0.326 e. The van der Waals surface area contributed by atoms with E-state index in [0.29, 0.717) is 0 Å². The zero-order valence-electron chi connectivity index (χ0n) is 9.52. The molecule has 5 nitrogen and oxygen atoms in total. The van der Waals surface area contributed by atoms with Crippen molar-refractivity contribution in [2.45, 2.75) is 56.4 Å². The van der Waals surface area contributed by atoms with E-state index in [1.807, 2.05) is 0 Å². The van der Waals surface area contributed by atoms with Crippen molar-refractivity contribution in [2.75, 3.05) is 0 Å². The Kier molecular flexibility index (Phi) is 4.71. The Morgan fingerprint density at radius 1 is 1.38 bits per heavy atom. The Morgan fingerprint density at radius 3 is 2.62 bits per heavy atom. The van der Waals surface area contributed by atoms with E-state index in [4.69, 9.17) is 11.0 Å². The van der Waals surface area contributed by atoms with Gasteiger partial charge in [0, 0.05) is 12.1 Å². The van der Waals surface area contributed by atoms with Gasteiger partial charge in [-0.3, -0.25) is 0 Å². The third-order valence-electron chi connectivity index (χ3n) is 3.03. The predicted molar refractivity (Wildman–Crippen MR) is 62.0 cm³/mol. The van der Waals surface area contributed by atoms with E-state index in [1.54, 1.807) is 6.07 Å². The van der Waals surface area contributed by atoms with Crippen molar-refractivity contribution in [1.29, 1.82) is 5.26 Å². The number of nitrogens with one attached hydrogen (secondary N) is 1. The maximum Gasteiger partial charge on any atom is 0.227 e. The fourth-order valence-corrected chi connectivity index (χ4v) is 2.92. The van der Waals surface area contributed by atoms with E-state index in [-0.39, 0.29) is 12.1 Å². The highest BCUT2D eigenvalue weighted by molar-refractivity contribution is 7.90. The Labute approximate surface area is 97.1 Å². The van der Waals surface area contributed by atoms with Crippen LogP contribution in [0.15, 0.2) is 0 Å². The minimum atomic E-state index is -3.55. The summed E-state index contributed by atoms with van der Waals surface area (Å²) in [6, 6.07) is 1.38. The van der Waals surface area contributed by atoms with Crippen molar-refractivity contribution >= 4 is 10.0 Å². The van der Waals surface area contributed by atoms with Crippen molar-refractivity contribution in [3.05, 3.63) is 0 Å². The van der Waals surface area contributed by atoms with Gasteiger partial charge in [0.15, 0.2) is 5.25 Å². The van der Waals surface area contributed by atoms with Gasteiger partial charge in [-0.25, -0.2) is 13.1 Å². The van der Waals surface area contributed by atoms with Gasteiger partial charge in [0.05, 0.1) is 6.07 Å². The molecular formula is C10H19N3O2S. The molecule has 3 atom stereocenters. The summed E-state index contributed by atoms with van der Waals surface area (Å²) in [5.41, 5.74) is 5.92. The Morgan fingerprint density at radius 2 is 2.00 bits per heavy atom. The summed E-state index contributed by atoms with van der Waals surface area (Å²) >= 11 is 0. The second-order valence-electron chi connectivity index (χ2n) is 4.34. The zero-order valence-corrected chi connectivity index (χ0v) is 10.3. The molecule has 0 heterocycles. The molecule has 92 valence electrons. The normalized spacial score (nSPS) is 29.1. The van der Waals surface area contributed by atoms with Gasteiger partial charge in [-0.1, -0.05) is 19.3 Å². The largest absolute Gasteiger partial charge is 0.326 e. The van der Waals surface area contributed by atoms with E-state index in [0.717, 1.165) is 32.1 Å². The summed E-state index contributed by atoms with van der Waals surface area (Å²) in [6.07, 6.45) is 4.74. The average Bonchev–Trinajstić information content (AvgIpc) is 2.43. The molecule has 6 heteroatoms. The molecule has 0 spiro atoms. The average molecular weight is 245 g/mol. The van der Waals surface area contributed by atoms with Crippen molar-refractivity contribution in [3.8, 4) is 6.07 Å². The van der Waals surface area contributed by atoms with Crippen LogP contribution in [0.4, 0.5) is 0 Å². The molecule has 1 saturated carbocycles. The van der Waals surface area contributed by atoms with Crippen LogP contribution in [0.25, 0.3) is 0 Å². The molecule has 0 aliphatic heterocycles. The summed E-state index contributed by atoms with van der Waals surface area (Å²) in [5, 5.41) is 7.60. The van der Waals surface area contributed by atoms with Crippen LogP contribution >= 0.6 is 0 Å². The maximum atomic E-state index is 11.7. The van der Waals surface area contributed by atoms with Crippen molar-refractivity contribution < 1.29 is 8.42 Å². The van der Waals surface area contributed by atoms with Crippen LogP contribution in [0.2, 0.25) is 0 Å². The van der Waals surface area contributed by atoms with Crippen molar-refractivity contribution in [2.24, 2.45) is 5.73 Å². The van der Waals surface area contributed by atoms with Crippen LogP contribution in [0.3, 0.4) is 0 Å². The quantitative estimate of drug-likeness (QED) is 0.707. The number of hydrogen-bond donors (Lipinski definition) is 2. The van der Waals surface area contributed by atoms with Crippen molar-refractivity contribution in [1.82, 2.24) is 4.72 Å². The number of sulfonamides is 1. The van der Waals surface area contributed by atoms with Gasteiger partial charge in [-0.15, -0.1) is 0 Å². The SMILES string of the molecule is CC(C#N)S(=O)(=O)NC1CCCCCC1N. The molecule has 1 fully saturated rings. The molecule has 0 amide bonds. The smallest absolute Gasteiger partial charge is 0.227 e. The minimum absolute atomic E-state index is 0.136. The lowest BCUT2D eigenvalue weighted by Crippen LogP contribution is -2.48. The van der Waals surface area contributed by atoms with E-state index in [9.17, 15) is 8.42 Å². The molecule has 3 unspecified atom stereocenters. The third kappa shape index (κ3) is 3.44. The topological polar surface area (TPSA) is 96.0 Å². The first-order valence-corrected chi connectivity index (χ1v) is 7.18. The van der Waals surface area contributed by atoms with Crippen LogP contribution in [0.5, 0.6) is 0 Å². The van der Waals surface area contributed by atoms with E-state index in [2.05, 4.69) is 4.72 Å². The lowest BCUT2D eigenvalue weighted by Gasteiger charge is -2.23. The van der Waals surface area contributed by atoms with Crippen LogP contribution in [0, 0.1) is 11.3 Å². The molecule has 0 aromatic heterocycles. The molecule has 16 heavy (non-hydrogen) atoms. The highest BCUT2D eigenvalue weighted by Gasteiger charge is 2.28. The fraction of sp³-hybridized carbons (Fsp3) is 0.900. The Bertz CT molecular complexity index is 361. The highest BCUT2D eigenvalue weighted by atomic mass is 32.2. The first kappa shape index (κ1) is 13.4. The summed E-state index contributed by atoms with van der Waals surface area (Å²) in [7, 11) is -3.55. The van der Waals surface area contributed by atoms with Crippen LogP contribution in [-0.4, -0.2) is 25.8 Å². The lowest BCUT2D eigenvalue weighted by atomic mass is 10.1. The summed E-state index contributed by atoms with van der Waals surface area (Å²) < 4.78 is 26.0. The number of rotatable bonds is 3. The monoisotopic (exact) mass is 245 g/mol. The molecule has 0 saturated heterocycles. The molecule has 1 rings (SSSR count). The summed E-state index contributed by atoms with van der Waals surface area (Å²) in [4.78, 5) is 0. The van der Waals surface area contributed by atoms with Gasteiger partial charge in [0.2, 0.25) is 10.0 Å². The third-order valence-corrected chi connectivity index (χ3v) is 4.70. The van der Waals surface area contributed by atoms with Crippen LogP contribution in [0.1, 0.15) is 39.0 Å². The molecule has 3 N–H and O–H groups in total. The maximum absolute atomic E-state index is 11.7. The standard InChI is InChI=1S/C10H19N3O2S/c1-8(7-11)16(14,15)13-10-6-4-2-3-5-9(10)12/h8-10,13H,2-6,12H2,1H3. The first-order chi connectivity index (χ1) is 7.47. The van der Waals surface area contributed by atoms with Gasteiger partial charge >= 0.3 is 0 Å². The second-order valence-corrected chi connectivity index (χ2v) is 6.38. The number of nitriles is 1. The van der Waals surface area contributed by atoms with Gasteiger partial charge in [0.25, 0.3) is 0 Å². The van der Waals surface area contributed by atoms with Gasteiger partial charge < -0.3 is 5.73 Å². The van der Waals surface area contributed by atoms with E-state index in [1.165, 1.54) is 6.92 Å². The number of hydrogen-bond acceptors (Lipinski definition) is 4. The summed E-state index contributed by atoms with van der Waals surface area (Å²) in [6.45, 7) is 1.38. The van der Waals surface area contributed by atoms with E-state index < -0.39 is 15.3 Å². The summed E-state index contributed by atoms with van der Waals surface area (Å²) in [5.74, 6) is 0. The van der Waals surface area contributed by atoms with Gasteiger partial charge in [0.1, 0.15) is 0 Å². The van der Waals surface area contributed by atoms with Crippen LogP contribution in [-0.2, 0) is 10.0 Å². The molecule has 1 aliphatic carbocycles. The first-order valence-electron chi connectivity index (χ1n) is 5.63. The number of nitrogens with two attached hydrogens (primary N) is 1. The molecule has 0 radical (unpaired) electrons. The Balaban J connectivity index is 2.68. The predicted octanol–water partition coefficient (Wildman–Crippen LogP) is 0.478. The van der Waals surface area contributed by atoms with E-state index >= 15 is 0 Å².